The lowest BCUT2D eigenvalue weighted by Crippen LogP contribution is -2.40. The normalized spacial score (nSPS) is 13.2. The monoisotopic (exact) mass is 965 g/mol. The van der Waals surface area contributed by atoms with Gasteiger partial charge in [0.15, 0.2) is 0 Å². The number of hydrogen-bond acceptors (Lipinski definition) is 11. The van der Waals surface area contributed by atoms with Gasteiger partial charge in [-0.2, -0.15) is 0 Å². The molecule has 0 aromatic heterocycles. The van der Waals surface area contributed by atoms with Gasteiger partial charge in [-0.3, -0.25) is 19.2 Å². The van der Waals surface area contributed by atoms with Crippen LogP contribution in [-0.2, 0) is 38.1 Å². The number of unbranched alkanes of at least 4 members (excludes halogenated alkanes) is 18. The van der Waals surface area contributed by atoms with Crippen molar-refractivity contribution in [2.45, 2.75) is 265 Å². The predicted molar refractivity (Wildman–Crippen MR) is 279 cm³/mol. The van der Waals surface area contributed by atoms with Crippen molar-refractivity contribution in [3.63, 3.8) is 0 Å². The SMILES string of the molecule is CCCCCCCC(=O)OCC(CCCCN(CCO)CCCN(CCCCC(COC(=O)CCCCCCC)COC(=O)CCCCCCC)C1CCCCC1)COC(=O)CCCCCCC. The summed E-state index contributed by atoms with van der Waals surface area (Å²) in [6.45, 7) is 14.6. The van der Waals surface area contributed by atoms with Crippen LogP contribution in [0.15, 0.2) is 0 Å². The zero-order valence-corrected chi connectivity index (χ0v) is 44.9. The predicted octanol–water partition coefficient (Wildman–Crippen LogP) is 13.5. The Kier molecular flexibility index (Phi) is 44.2. The summed E-state index contributed by atoms with van der Waals surface area (Å²) in [5, 5.41) is 10.00. The van der Waals surface area contributed by atoms with Gasteiger partial charge in [0.05, 0.1) is 33.0 Å². The van der Waals surface area contributed by atoms with E-state index in [0.717, 1.165) is 148 Å². The van der Waals surface area contributed by atoms with Crippen LogP contribution in [0.1, 0.15) is 259 Å². The van der Waals surface area contributed by atoms with Crippen LogP contribution in [-0.4, -0.2) is 111 Å². The average molecular weight is 965 g/mol. The minimum absolute atomic E-state index is 0.00813. The maximum Gasteiger partial charge on any atom is 0.305 e. The largest absolute Gasteiger partial charge is 0.465 e. The molecule has 0 aromatic rings. The molecule has 0 bridgehead atoms. The molecule has 1 N–H and O–H groups in total. The molecule has 0 aromatic carbocycles. The Morgan fingerprint density at radius 1 is 0.412 bits per heavy atom. The van der Waals surface area contributed by atoms with Gasteiger partial charge in [0.25, 0.3) is 0 Å². The molecule has 1 aliphatic carbocycles. The van der Waals surface area contributed by atoms with Crippen LogP contribution in [0.2, 0.25) is 0 Å². The van der Waals surface area contributed by atoms with Crippen LogP contribution in [0.25, 0.3) is 0 Å². The number of carbonyl (C=O) groups excluding carboxylic acids is 4. The number of carbonyl (C=O) groups is 4. The standard InChI is InChI=1S/C57H108N2O9/c1-5-9-13-17-24-37-54(61)65-47-51(48-66-55(62)38-25-18-14-10-6-2)33-28-30-41-58(45-46-60)42-32-44-59(53-35-22-21-23-36-53)43-31-29-34-52(49-67-56(63)39-26-19-15-11-7-3)50-68-57(64)40-27-20-16-12-8-4/h51-53,60H,5-50H2,1-4H3. The summed E-state index contributed by atoms with van der Waals surface area (Å²) >= 11 is 0. The fourth-order valence-corrected chi connectivity index (χ4v) is 9.47. The first-order valence-electron chi connectivity index (χ1n) is 29.0. The lowest BCUT2D eigenvalue weighted by molar-refractivity contribution is -0.151. The number of nitrogens with zero attached hydrogens (tertiary/aromatic N) is 2. The van der Waals surface area contributed by atoms with Crippen molar-refractivity contribution in [2.24, 2.45) is 11.8 Å². The third-order valence-corrected chi connectivity index (χ3v) is 13.9. The van der Waals surface area contributed by atoms with Gasteiger partial charge in [0.1, 0.15) is 0 Å². The Balaban J connectivity index is 2.72. The first kappa shape index (κ1) is 63.8. The molecular formula is C57H108N2O9. The van der Waals surface area contributed by atoms with Crippen molar-refractivity contribution in [1.82, 2.24) is 9.80 Å². The molecule has 1 fully saturated rings. The van der Waals surface area contributed by atoms with Crippen molar-refractivity contribution in [3.05, 3.63) is 0 Å². The number of aliphatic hydroxyl groups excluding tert-OH is 1. The summed E-state index contributed by atoms with van der Waals surface area (Å²) in [5.74, 6) is -0.601. The Hall–Kier alpha value is -2.24. The lowest BCUT2D eigenvalue weighted by Gasteiger charge is -2.35. The highest BCUT2D eigenvalue weighted by Gasteiger charge is 2.22. The molecule has 0 aliphatic heterocycles. The Morgan fingerprint density at radius 2 is 0.750 bits per heavy atom. The molecular weight excluding hydrogens is 857 g/mol. The van der Waals surface area contributed by atoms with Crippen molar-refractivity contribution in [3.8, 4) is 0 Å². The minimum Gasteiger partial charge on any atom is -0.465 e. The summed E-state index contributed by atoms with van der Waals surface area (Å²) < 4.78 is 23.0. The first-order chi connectivity index (χ1) is 33.3. The average Bonchev–Trinajstić information content (AvgIpc) is 3.34. The van der Waals surface area contributed by atoms with Gasteiger partial charge in [-0.1, -0.05) is 163 Å². The molecule has 1 aliphatic rings. The zero-order valence-electron chi connectivity index (χ0n) is 44.9. The number of hydrogen-bond donors (Lipinski definition) is 1. The van der Waals surface area contributed by atoms with Gasteiger partial charge < -0.3 is 33.9 Å². The molecule has 11 nitrogen and oxygen atoms in total. The van der Waals surface area contributed by atoms with Crippen molar-refractivity contribution in [2.75, 3.05) is 65.8 Å². The molecule has 68 heavy (non-hydrogen) atoms. The van der Waals surface area contributed by atoms with E-state index in [1.54, 1.807) is 0 Å². The van der Waals surface area contributed by atoms with Crippen molar-refractivity contribution < 1.29 is 43.2 Å². The third kappa shape index (κ3) is 38.5. The quantitative estimate of drug-likeness (QED) is 0.0355. The summed E-state index contributed by atoms with van der Waals surface area (Å²) in [7, 11) is 0. The van der Waals surface area contributed by atoms with E-state index < -0.39 is 0 Å². The number of rotatable bonds is 49. The highest BCUT2D eigenvalue weighted by molar-refractivity contribution is 5.70. The van der Waals surface area contributed by atoms with E-state index in [1.165, 1.54) is 83.5 Å². The van der Waals surface area contributed by atoms with Gasteiger partial charge in [0, 0.05) is 50.1 Å². The van der Waals surface area contributed by atoms with Crippen LogP contribution in [0, 0.1) is 11.8 Å². The topological polar surface area (TPSA) is 132 Å². The maximum absolute atomic E-state index is 12.6. The first-order valence-corrected chi connectivity index (χ1v) is 29.0. The van der Waals surface area contributed by atoms with E-state index in [9.17, 15) is 24.3 Å². The number of ether oxygens (including phenoxy) is 4. The van der Waals surface area contributed by atoms with E-state index in [2.05, 4.69) is 37.5 Å². The molecule has 1 rings (SSSR count). The van der Waals surface area contributed by atoms with Gasteiger partial charge in [-0.25, -0.2) is 0 Å². The third-order valence-electron chi connectivity index (χ3n) is 13.9. The summed E-state index contributed by atoms with van der Waals surface area (Å²) in [6, 6.07) is 0.602. The van der Waals surface area contributed by atoms with Crippen LogP contribution in [0.3, 0.4) is 0 Å². The molecule has 0 heterocycles. The Labute approximate surface area is 418 Å². The number of aliphatic hydroxyl groups is 1. The van der Waals surface area contributed by atoms with E-state index in [0.29, 0.717) is 51.5 Å². The molecule has 0 radical (unpaired) electrons. The fraction of sp³-hybridized carbons (Fsp3) is 0.930. The van der Waals surface area contributed by atoms with Crippen LogP contribution in [0.4, 0.5) is 0 Å². The molecule has 0 atom stereocenters. The fourth-order valence-electron chi connectivity index (χ4n) is 9.47. The maximum atomic E-state index is 12.6. The zero-order chi connectivity index (χ0) is 49.6. The second kappa shape index (κ2) is 47.1. The van der Waals surface area contributed by atoms with Gasteiger partial charge in [0.2, 0.25) is 0 Å². The van der Waals surface area contributed by atoms with Crippen molar-refractivity contribution in [1.29, 1.82) is 0 Å². The van der Waals surface area contributed by atoms with Crippen LogP contribution < -0.4 is 0 Å². The molecule has 0 spiro atoms. The van der Waals surface area contributed by atoms with Gasteiger partial charge in [-0.15, -0.1) is 0 Å². The second-order valence-corrected chi connectivity index (χ2v) is 20.4. The molecule has 0 amide bonds. The highest BCUT2D eigenvalue weighted by atomic mass is 16.6. The van der Waals surface area contributed by atoms with Gasteiger partial charge >= 0.3 is 23.9 Å². The Bertz CT molecular complexity index is 1120. The lowest BCUT2D eigenvalue weighted by atomic mass is 9.93. The minimum atomic E-state index is -0.155. The van der Waals surface area contributed by atoms with Gasteiger partial charge in [-0.05, 0) is 96.8 Å². The Morgan fingerprint density at radius 3 is 1.12 bits per heavy atom. The summed E-state index contributed by atoms with van der Waals surface area (Å²) in [6.07, 6.45) is 36.6. The smallest absolute Gasteiger partial charge is 0.305 e. The van der Waals surface area contributed by atoms with E-state index in [4.69, 9.17) is 18.9 Å². The van der Waals surface area contributed by atoms with Crippen LogP contribution in [0.5, 0.6) is 0 Å². The summed E-state index contributed by atoms with van der Waals surface area (Å²) in [5.41, 5.74) is 0. The van der Waals surface area contributed by atoms with E-state index in [-0.39, 0.29) is 55.5 Å². The molecule has 400 valence electrons. The highest BCUT2D eigenvalue weighted by Crippen LogP contribution is 2.24. The summed E-state index contributed by atoms with van der Waals surface area (Å²) in [4.78, 5) is 55.5. The molecule has 1 saturated carbocycles. The second-order valence-electron chi connectivity index (χ2n) is 20.4. The van der Waals surface area contributed by atoms with E-state index >= 15 is 0 Å². The van der Waals surface area contributed by atoms with Crippen LogP contribution >= 0.6 is 0 Å². The number of esters is 4. The van der Waals surface area contributed by atoms with E-state index in [1.807, 2.05) is 0 Å². The molecule has 0 saturated heterocycles. The van der Waals surface area contributed by atoms with Crippen molar-refractivity contribution >= 4 is 23.9 Å². The molecule has 11 heteroatoms. The molecule has 0 unspecified atom stereocenters.